The number of nitrogens with two attached hydrogens (primary N) is 2. The summed E-state index contributed by atoms with van der Waals surface area (Å²) in [5.74, 6) is -1.12. The van der Waals surface area contributed by atoms with E-state index in [1.807, 2.05) is 45.9 Å². The van der Waals surface area contributed by atoms with E-state index in [0.29, 0.717) is 11.4 Å². The van der Waals surface area contributed by atoms with Crippen molar-refractivity contribution in [1.29, 1.82) is 0 Å². The van der Waals surface area contributed by atoms with Gasteiger partial charge in [-0.05, 0) is 66.6 Å². The van der Waals surface area contributed by atoms with Crippen molar-refractivity contribution in [1.82, 2.24) is 9.97 Å². The van der Waals surface area contributed by atoms with Crippen LogP contribution in [0, 0.1) is 27.7 Å². The molecular formula is C28H26N4O2. The number of nitrogens with zero attached hydrogens (tertiary/aromatic N) is 2. The fourth-order valence-electron chi connectivity index (χ4n) is 5.23. The molecule has 0 fully saturated rings. The smallest absolute Gasteiger partial charge is 0.356 e. The Kier molecular flexibility index (Phi) is 4.72. The first-order valence-corrected chi connectivity index (χ1v) is 11.1. The fraction of sp³-hybridized carbons (Fsp3) is 0.179. The normalized spacial score (nSPS) is 13.4. The van der Waals surface area contributed by atoms with Gasteiger partial charge in [0.05, 0.1) is 23.0 Å². The van der Waals surface area contributed by atoms with Gasteiger partial charge in [-0.1, -0.05) is 48.5 Å². The van der Waals surface area contributed by atoms with Crippen LogP contribution in [-0.4, -0.2) is 21.0 Å². The highest BCUT2D eigenvalue weighted by molar-refractivity contribution is 5.88. The topological polar surface area (TPSA) is 115 Å². The molecule has 0 saturated heterocycles. The van der Waals surface area contributed by atoms with E-state index in [0.717, 1.165) is 55.9 Å². The molecule has 0 bridgehead atoms. The zero-order valence-electron chi connectivity index (χ0n) is 19.6. The molecule has 1 heterocycles. The lowest BCUT2D eigenvalue weighted by Crippen LogP contribution is -2.31. The molecule has 0 amide bonds. The highest BCUT2D eigenvalue weighted by Crippen LogP contribution is 2.55. The van der Waals surface area contributed by atoms with Gasteiger partial charge in [-0.25, -0.2) is 9.78 Å². The summed E-state index contributed by atoms with van der Waals surface area (Å²) >= 11 is 0. The van der Waals surface area contributed by atoms with Crippen LogP contribution in [0.5, 0.6) is 0 Å². The predicted molar refractivity (Wildman–Crippen MR) is 134 cm³/mol. The number of carbonyl (C=O) groups is 1. The number of carboxylic acids is 1. The van der Waals surface area contributed by atoms with E-state index in [9.17, 15) is 9.90 Å². The van der Waals surface area contributed by atoms with E-state index in [2.05, 4.69) is 35.3 Å². The number of aromatic carboxylic acids is 1. The summed E-state index contributed by atoms with van der Waals surface area (Å²) in [4.78, 5) is 21.2. The van der Waals surface area contributed by atoms with Crippen molar-refractivity contribution >= 4 is 17.3 Å². The average molecular weight is 451 g/mol. The monoisotopic (exact) mass is 450 g/mol. The van der Waals surface area contributed by atoms with Gasteiger partial charge in [0.25, 0.3) is 0 Å². The number of hydrogen-bond donors (Lipinski definition) is 3. The Morgan fingerprint density at radius 3 is 1.85 bits per heavy atom. The Hall–Kier alpha value is -4.19. The fourth-order valence-corrected chi connectivity index (χ4v) is 5.23. The molecule has 1 aliphatic rings. The van der Waals surface area contributed by atoms with Crippen molar-refractivity contribution < 1.29 is 9.90 Å². The van der Waals surface area contributed by atoms with Crippen LogP contribution in [0.15, 0.2) is 54.7 Å². The summed E-state index contributed by atoms with van der Waals surface area (Å²) in [7, 11) is 0. The minimum absolute atomic E-state index is 0.0938. The van der Waals surface area contributed by atoms with E-state index in [-0.39, 0.29) is 5.69 Å². The number of rotatable bonds is 3. The van der Waals surface area contributed by atoms with Gasteiger partial charge in [-0.3, -0.25) is 4.98 Å². The van der Waals surface area contributed by atoms with Crippen molar-refractivity contribution in [3.63, 3.8) is 0 Å². The molecule has 0 spiro atoms. The Morgan fingerprint density at radius 1 is 0.853 bits per heavy atom. The first-order valence-electron chi connectivity index (χ1n) is 11.1. The lowest BCUT2D eigenvalue weighted by atomic mass is 9.68. The third-order valence-corrected chi connectivity index (χ3v) is 6.99. The number of aryl methyl sites for hydroxylation is 4. The molecule has 6 heteroatoms. The number of benzene rings is 3. The first kappa shape index (κ1) is 21.6. The third kappa shape index (κ3) is 2.85. The van der Waals surface area contributed by atoms with Crippen molar-refractivity contribution in [2.45, 2.75) is 33.1 Å². The van der Waals surface area contributed by atoms with Gasteiger partial charge in [0, 0.05) is 16.9 Å². The van der Waals surface area contributed by atoms with E-state index < -0.39 is 11.4 Å². The van der Waals surface area contributed by atoms with Crippen molar-refractivity contribution in [2.75, 3.05) is 11.5 Å². The van der Waals surface area contributed by atoms with Crippen LogP contribution in [0.3, 0.4) is 0 Å². The lowest BCUT2D eigenvalue weighted by molar-refractivity contribution is 0.0689. The Bertz CT molecular complexity index is 1400. The molecule has 170 valence electrons. The maximum Gasteiger partial charge on any atom is 0.356 e. The van der Waals surface area contributed by atoms with E-state index in [4.69, 9.17) is 16.5 Å². The second kappa shape index (κ2) is 7.42. The highest BCUT2D eigenvalue weighted by atomic mass is 16.4. The van der Waals surface area contributed by atoms with E-state index in [1.54, 1.807) is 0 Å². The maximum atomic E-state index is 11.9. The molecule has 5 N–H and O–H groups in total. The van der Waals surface area contributed by atoms with Gasteiger partial charge in [0.15, 0.2) is 5.69 Å². The van der Waals surface area contributed by atoms with E-state index >= 15 is 0 Å². The molecule has 0 radical (unpaired) electrons. The number of anilines is 2. The quantitative estimate of drug-likeness (QED) is 0.336. The zero-order chi connectivity index (χ0) is 24.4. The second-order valence-electron chi connectivity index (χ2n) is 9.10. The SMILES string of the molecule is Cc1cc(C2(c3cc(C)c(N)c(C)c3)c3ccccc3-c3ncc(C(=O)O)nc32)cc(C)c1N. The highest BCUT2D eigenvalue weighted by Gasteiger charge is 2.49. The van der Waals surface area contributed by atoms with Crippen LogP contribution in [0.4, 0.5) is 11.4 Å². The molecule has 34 heavy (non-hydrogen) atoms. The molecule has 0 unspecified atom stereocenters. The molecule has 3 aromatic carbocycles. The largest absolute Gasteiger partial charge is 0.476 e. The number of nitrogen functional groups attached to an aromatic ring is 2. The van der Waals surface area contributed by atoms with Gasteiger partial charge in [0.1, 0.15) is 0 Å². The second-order valence-corrected chi connectivity index (χ2v) is 9.10. The molecule has 0 atom stereocenters. The standard InChI is InChI=1S/C28H26N4O2/c1-14-9-18(10-15(2)23(14)29)28(19-11-16(3)24(30)17(4)12-19)21-8-6-5-7-20(21)25-26(28)32-22(13-31-25)27(33)34/h5-13H,29-30H2,1-4H3,(H,33,34). The summed E-state index contributed by atoms with van der Waals surface area (Å²) in [6.07, 6.45) is 1.33. The summed E-state index contributed by atoms with van der Waals surface area (Å²) in [5, 5.41) is 9.76. The first-order chi connectivity index (χ1) is 16.2. The number of fused-ring (bicyclic) bond motifs is 3. The number of aromatic nitrogens is 2. The average Bonchev–Trinajstić information content (AvgIpc) is 3.11. The summed E-state index contributed by atoms with van der Waals surface area (Å²) in [6, 6.07) is 16.3. The predicted octanol–water partition coefficient (Wildman–Crippen LogP) is 4.94. The van der Waals surface area contributed by atoms with Crippen molar-refractivity contribution in [3.05, 3.63) is 105 Å². The number of hydrogen-bond acceptors (Lipinski definition) is 5. The van der Waals surface area contributed by atoms with Crippen molar-refractivity contribution in [3.8, 4) is 11.3 Å². The third-order valence-electron chi connectivity index (χ3n) is 6.99. The maximum absolute atomic E-state index is 11.9. The van der Waals surface area contributed by atoms with Gasteiger partial charge in [-0.15, -0.1) is 0 Å². The zero-order valence-corrected chi connectivity index (χ0v) is 19.6. The Morgan fingerprint density at radius 2 is 1.35 bits per heavy atom. The molecule has 1 aliphatic carbocycles. The van der Waals surface area contributed by atoms with Gasteiger partial charge in [-0.2, -0.15) is 0 Å². The molecular weight excluding hydrogens is 424 g/mol. The van der Waals surface area contributed by atoms with Crippen LogP contribution in [0.25, 0.3) is 11.3 Å². The molecule has 0 aliphatic heterocycles. The summed E-state index contributed by atoms with van der Waals surface area (Å²) in [6.45, 7) is 7.94. The lowest BCUT2D eigenvalue weighted by Gasteiger charge is -2.34. The number of carboxylic acid groups (broad SMARTS) is 1. The minimum atomic E-state index is -1.12. The molecule has 1 aromatic heterocycles. The van der Waals surface area contributed by atoms with Crippen LogP contribution >= 0.6 is 0 Å². The van der Waals surface area contributed by atoms with E-state index in [1.165, 1.54) is 6.20 Å². The molecule has 6 nitrogen and oxygen atoms in total. The molecule has 4 aromatic rings. The minimum Gasteiger partial charge on any atom is -0.476 e. The van der Waals surface area contributed by atoms with Gasteiger partial charge >= 0.3 is 5.97 Å². The van der Waals surface area contributed by atoms with Crippen LogP contribution in [0.2, 0.25) is 0 Å². The molecule has 5 rings (SSSR count). The van der Waals surface area contributed by atoms with Crippen LogP contribution < -0.4 is 11.5 Å². The van der Waals surface area contributed by atoms with Gasteiger partial charge < -0.3 is 16.6 Å². The van der Waals surface area contributed by atoms with Gasteiger partial charge in [0.2, 0.25) is 0 Å². The van der Waals surface area contributed by atoms with Crippen LogP contribution in [-0.2, 0) is 5.41 Å². The molecule has 0 saturated carbocycles. The van der Waals surface area contributed by atoms with Crippen molar-refractivity contribution in [2.24, 2.45) is 0 Å². The Labute approximate surface area is 198 Å². The summed E-state index contributed by atoms with van der Waals surface area (Å²) in [5.41, 5.74) is 22.1. The summed E-state index contributed by atoms with van der Waals surface area (Å²) < 4.78 is 0. The Balaban J connectivity index is 2.02. The van der Waals surface area contributed by atoms with Crippen LogP contribution in [0.1, 0.15) is 55.1 Å².